The fraction of sp³-hybridized carbons (Fsp3) is 0.182. The van der Waals surface area contributed by atoms with Crippen LogP contribution >= 0.6 is 11.6 Å². The van der Waals surface area contributed by atoms with Gasteiger partial charge in [0.25, 0.3) is 0 Å². The van der Waals surface area contributed by atoms with E-state index in [1.807, 2.05) is 13.8 Å². The van der Waals surface area contributed by atoms with E-state index in [0.717, 1.165) is 0 Å². The van der Waals surface area contributed by atoms with Crippen LogP contribution in [0.5, 0.6) is 5.75 Å². The van der Waals surface area contributed by atoms with Crippen LogP contribution in [-0.4, -0.2) is 16.1 Å². The fourth-order valence-corrected chi connectivity index (χ4v) is 3.09. The van der Waals surface area contributed by atoms with Gasteiger partial charge in [-0.25, -0.2) is 9.18 Å². The predicted molar refractivity (Wildman–Crippen MR) is 106 cm³/mol. The molecule has 0 amide bonds. The molecule has 0 bridgehead atoms. The second-order valence-electron chi connectivity index (χ2n) is 6.60. The molecule has 1 N–H and O–H groups in total. The number of hydrogen-bond acceptors (Lipinski definition) is 3. The number of carboxylic acids is 1. The van der Waals surface area contributed by atoms with Crippen LogP contribution < -0.4 is 4.74 Å². The summed E-state index contributed by atoms with van der Waals surface area (Å²) in [6.45, 7) is 3.81. The molecule has 0 aliphatic heterocycles. The highest BCUT2D eigenvalue weighted by Gasteiger charge is 2.21. The Bertz CT molecular complexity index is 1020. The van der Waals surface area contributed by atoms with Gasteiger partial charge in [-0.1, -0.05) is 49.7 Å². The first-order valence-corrected chi connectivity index (χ1v) is 9.15. The average molecular weight is 400 g/mol. The minimum Gasteiger partial charge on any atom is -0.487 e. The molecule has 144 valence electrons. The molecular formula is C22H19ClFNO3. The van der Waals surface area contributed by atoms with Crippen LogP contribution in [0.15, 0.2) is 54.6 Å². The van der Waals surface area contributed by atoms with E-state index in [4.69, 9.17) is 16.3 Å². The van der Waals surface area contributed by atoms with Crippen molar-refractivity contribution in [3.63, 3.8) is 0 Å². The smallest absolute Gasteiger partial charge is 0.337 e. The van der Waals surface area contributed by atoms with Crippen molar-refractivity contribution in [2.75, 3.05) is 0 Å². The molecule has 0 saturated heterocycles. The molecule has 0 aliphatic rings. The number of carboxylic acid groups (broad SMARTS) is 1. The fourth-order valence-electron chi connectivity index (χ4n) is 2.91. The van der Waals surface area contributed by atoms with Gasteiger partial charge in [0.05, 0.1) is 17.0 Å². The second kappa shape index (κ2) is 8.40. The lowest BCUT2D eigenvalue weighted by Crippen LogP contribution is -2.12. The highest BCUT2D eigenvalue weighted by molar-refractivity contribution is 6.30. The topological polar surface area (TPSA) is 59.4 Å². The molecule has 0 unspecified atom stereocenters. The first-order chi connectivity index (χ1) is 13.4. The van der Waals surface area contributed by atoms with Crippen molar-refractivity contribution in [3.05, 3.63) is 82.4 Å². The van der Waals surface area contributed by atoms with Crippen LogP contribution in [0.2, 0.25) is 5.02 Å². The van der Waals surface area contributed by atoms with Gasteiger partial charge in [0.2, 0.25) is 0 Å². The molecule has 1 aromatic heterocycles. The summed E-state index contributed by atoms with van der Waals surface area (Å²) in [7, 11) is 0. The summed E-state index contributed by atoms with van der Waals surface area (Å²) in [6.07, 6.45) is 0. The van der Waals surface area contributed by atoms with Gasteiger partial charge in [0, 0.05) is 16.1 Å². The highest BCUT2D eigenvalue weighted by atomic mass is 35.5. The molecule has 3 rings (SSSR count). The number of nitrogens with zero attached hydrogens (tertiary/aromatic N) is 1. The van der Waals surface area contributed by atoms with Gasteiger partial charge in [0.1, 0.15) is 18.2 Å². The molecule has 4 nitrogen and oxygen atoms in total. The predicted octanol–water partition coefficient (Wildman–Crippen LogP) is 5.94. The maximum Gasteiger partial charge on any atom is 0.337 e. The third kappa shape index (κ3) is 4.31. The summed E-state index contributed by atoms with van der Waals surface area (Å²) in [5.41, 5.74) is 1.65. The Morgan fingerprint density at radius 3 is 2.54 bits per heavy atom. The lowest BCUT2D eigenvalue weighted by atomic mass is 9.94. The zero-order chi connectivity index (χ0) is 20.3. The van der Waals surface area contributed by atoms with Crippen molar-refractivity contribution < 1.29 is 19.0 Å². The van der Waals surface area contributed by atoms with Crippen LogP contribution in [0.1, 0.15) is 41.5 Å². The van der Waals surface area contributed by atoms with Gasteiger partial charge in [-0.2, -0.15) is 0 Å². The van der Waals surface area contributed by atoms with Gasteiger partial charge < -0.3 is 9.84 Å². The van der Waals surface area contributed by atoms with Crippen LogP contribution in [0.25, 0.3) is 11.1 Å². The van der Waals surface area contributed by atoms with E-state index < -0.39 is 11.8 Å². The first-order valence-electron chi connectivity index (χ1n) is 8.77. The molecule has 28 heavy (non-hydrogen) atoms. The molecule has 0 spiro atoms. The Morgan fingerprint density at radius 1 is 1.14 bits per heavy atom. The van der Waals surface area contributed by atoms with Gasteiger partial charge in [0.15, 0.2) is 0 Å². The molecule has 0 atom stereocenters. The number of aromatic carboxylic acids is 1. The number of aromatic nitrogens is 1. The largest absolute Gasteiger partial charge is 0.487 e. The van der Waals surface area contributed by atoms with E-state index in [9.17, 15) is 14.3 Å². The summed E-state index contributed by atoms with van der Waals surface area (Å²) in [5, 5.41) is 10.2. The monoisotopic (exact) mass is 399 g/mol. The van der Waals surface area contributed by atoms with Crippen molar-refractivity contribution >= 4 is 17.6 Å². The maximum absolute atomic E-state index is 14.3. The highest BCUT2D eigenvalue weighted by Crippen LogP contribution is 2.32. The van der Waals surface area contributed by atoms with Crippen molar-refractivity contribution in [2.24, 2.45) is 0 Å². The molecule has 0 saturated carbocycles. The zero-order valence-electron chi connectivity index (χ0n) is 15.4. The lowest BCUT2D eigenvalue weighted by molar-refractivity contribution is 0.0693. The Balaban J connectivity index is 2.06. The minimum absolute atomic E-state index is 0.0234. The van der Waals surface area contributed by atoms with Gasteiger partial charge in [-0.05, 0) is 36.2 Å². The molecule has 0 aliphatic carbocycles. The van der Waals surface area contributed by atoms with Gasteiger partial charge in [-0.3, -0.25) is 4.98 Å². The molecule has 0 fully saturated rings. The van der Waals surface area contributed by atoms with Crippen LogP contribution in [0.4, 0.5) is 4.39 Å². The van der Waals surface area contributed by atoms with E-state index in [1.54, 1.807) is 42.5 Å². The number of ether oxygens (including phenoxy) is 1. The Labute approximate surface area is 167 Å². The van der Waals surface area contributed by atoms with E-state index >= 15 is 0 Å². The third-order valence-corrected chi connectivity index (χ3v) is 4.48. The Morgan fingerprint density at radius 2 is 1.89 bits per heavy atom. The van der Waals surface area contributed by atoms with Crippen molar-refractivity contribution in [1.29, 1.82) is 0 Å². The Hall–Kier alpha value is -2.92. The summed E-state index contributed by atoms with van der Waals surface area (Å²) in [5.74, 6) is -1.10. The summed E-state index contributed by atoms with van der Waals surface area (Å²) in [4.78, 5) is 16.4. The number of halogens is 2. The SMILES string of the molecule is CC(C)c1nc(COc2cccc(Cl)c2)c(C(=O)O)cc1-c1ccccc1F. The van der Waals surface area contributed by atoms with E-state index in [1.165, 1.54) is 12.1 Å². The summed E-state index contributed by atoms with van der Waals surface area (Å²) >= 11 is 5.95. The number of hydrogen-bond donors (Lipinski definition) is 1. The maximum atomic E-state index is 14.3. The van der Waals surface area contributed by atoms with Gasteiger partial charge in [-0.15, -0.1) is 0 Å². The normalized spacial score (nSPS) is 10.9. The number of pyridine rings is 1. The quantitative estimate of drug-likeness (QED) is 0.557. The summed E-state index contributed by atoms with van der Waals surface area (Å²) < 4.78 is 20.0. The minimum atomic E-state index is -1.15. The van der Waals surface area contributed by atoms with E-state index in [0.29, 0.717) is 27.6 Å². The van der Waals surface area contributed by atoms with E-state index in [-0.39, 0.29) is 23.8 Å². The number of carbonyl (C=O) groups is 1. The van der Waals surface area contributed by atoms with Crippen LogP contribution in [-0.2, 0) is 6.61 Å². The van der Waals surface area contributed by atoms with Gasteiger partial charge >= 0.3 is 5.97 Å². The second-order valence-corrected chi connectivity index (χ2v) is 7.04. The van der Waals surface area contributed by atoms with Crippen molar-refractivity contribution in [3.8, 4) is 16.9 Å². The zero-order valence-corrected chi connectivity index (χ0v) is 16.2. The molecule has 0 radical (unpaired) electrons. The molecule has 2 aromatic carbocycles. The molecule has 1 heterocycles. The van der Waals surface area contributed by atoms with Crippen LogP contribution in [0.3, 0.4) is 0 Å². The molecular weight excluding hydrogens is 381 g/mol. The van der Waals surface area contributed by atoms with Crippen LogP contribution in [0, 0.1) is 5.82 Å². The van der Waals surface area contributed by atoms with Crippen molar-refractivity contribution in [1.82, 2.24) is 4.98 Å². The summed E-state index contributed by atoms with van der Waals surface area (Å²) in [6, 6.07) is 14.6. The molecule has 6 heteroatoms. The molecule has 3 aromatic rings. The average Bonchev–Trinajstić information content (AvgIpc) is 2.66. The first kappa shape index (κ1) is 19.8. The Kier molecular flexibility index (Phi) is 5.95. The standard InChI is InChI=1S/C22H19ClFNO3/c1-13(2)21-17(16-8-3-4-9-19(16)24)11-18(22(26)27)20(25-21)12-28-15-7-5-6-14(23)10-15/h3-11,13H,12H2,1-2H3,(H,26,27). The lowest BCUT2D eigenvalue weighted by Gasteiger charge is -2.17. The third-order valence-electron chi connectivity index (χ3n) is 4.24. The number of benzene rings is 2. The number of rotatable bonds is 6. The van der Waals surface area contributed by atoms with Crippen molar-refractivity contribution in [2.45, 2.75) is 26.4 Å². The van der Waals surface area contributed by atoms with E-state index in [2.05, 4.69) is 4.98 Å².